The number of aryl methyl sites for hydroxylation is 1. The molecule has 0 amide bonds. The van der Waals surface area contributed by atoms with Crippen molar-refractivity contribution in [3.63, 3.8) is 0 Å². The lowest BCUT2D eigenvalue weighted by atomic mass is 9.99. The summed E-state index contributed by atoms with van der Waals surface area (Å²) in [6.45, 7) is 3.37. The summed E-state index contributed by atoms with van der Waals surface area (Å²) in [6, 6.07) is 5.41. The standard InChI is InChI=1S/C18H18O5/c1-9-6-5-7-11-14(20)13-12(8-19)10(2)16(21-3)18(22-4)17(13)23-15(9)11/h5-7,19H,8H2,1-4H3. The number of hydrogen-bond acceptors (Lipinski definition) is 5. The first-order chi connectivity index (χ1) is 11.0. The van der Waals surface area contributed by atoms with Gasteiger partial charge in [-0.05, 0) is 31.0 Å². The zero-order valence-electron chi connectivity index (χ0n) is 13.5. The van der Waals surface area contributed by atoms with E-state index in [2.05, 4.69) is 0 Å². The number of methoxy groups -OCH3 is 2. The molecule has 0 aliphatic rings. The molecule has 0 radical (unpaired) electrons. The van der Waals surface area contributed by atoms with Crippen LogP contribution in [0.3, 0.4) is 0 Å². The van der Waals surface area contributed by atoms with E-state index >= 15 is 0 Å². The quantitative estimate of drug-likeness (QED) is 0.752. The van der Waals surface area contributed by atoms with Crippen LogP contribution in [0.2, 0.25) is 0 Å². The fourth-order valence-corrected chi connectivity index (χ4v) is 3.02. The number of benzene rings is 2. The first kappa shape index (κ1) is 15.4. The molecule has 1 heterocycles. The van der Waals surface area contributed by atoms with Crippen LogP contribution in [-0.2, 0) is 6.61 Å². The van der Waals surface area contributed by atoms with Crippen molar-refractivity contribution < 1.29 is 19.0 Å². The average molecular weight is 314 g/mol. The fourth-order valence-electron chi connectivity index (χ4n) is 3.02. The van der Waals surface area contributed by atoms with Crippen molar-refractivity contribution in [1.82, 2.24) is 0 Å². The lowest BCUT2D eigenvalue weighted by molar-refractivity contribution is 0.280. The fraction of sp³-hybridized carbons (Fsp3) is 0.278. The molecule has 3 aromatic rings. The third-order valence-electron chi connectivity index (χ3n) is 4.19. The Balaban J connectivity index is 2.68. The van der Waals surface area contributed by atoms with Crippen LogP contribution in [0.25, 0.3) is 21.9 Å². The molecule has 0 aliphatic heterocycles. The molecule has 0 saturated carbocycles. The van der Waals surface area contributed by atoms with Gasteiger partial charge < -0.3 is 19.0 Å². The normalized spacial score (nSPS) is 11.2. The Kier molecular flexibility index (Phi) is 3.74. The van der Waals surface area contributed by atoms with Gasteiger partial charge in [0, 0.05) is 5.56 Å². The number of aliphatic hydroxyl groups is 1. The maximum atomic E-state index is 13.0. The van der Waals surface area contributed by atoms with Gasteiger partial charge in [-0.15, -0.1) is 0 Å². The molecule has 0 saturated heterocycles. The summed E-state index contributed by atoms with van der Waals surface area (Å²) >= 11 is 0. The predicted octanol–water partition coefficient (Wildman–Crippen LogP) is 3.07. The van der Waals surface area contributed by atoms with E-state index < -0.39 is 0 Å². The molecule has 0 atom stereocenters. The van der Waals surface area contributed by atoms with Gasteiger partial charge in [0.1, 0.15) is 5.58 Å². The average Bonchev–Trinajstić information content (AvgIpc) is 2.55. The van der Waals surface area contributed by atoms with Crippen molar-refractivity contribution >= 4 is 21.9 Å². The molecule has 3 rings (SSSR count). The Bertz CT molecular complexity index is 969. The smallest absolute Gasteiger partial charge is 0.205 e. The van der Waals surface area contributed by atoms with E-state index in [1.807, 2.05) is 19.1 Å². The highest BCUT2D eigenvalue weighted by Crippen LogP contribution is 2.41. The van der Waals surface area contributed by atoms with Gasteiger partial charge in [0.2, 0.25) is 11.2 Å². The van der Waals surface area contributed by atoms with Crippen molar-refractivity contribution in [3.8, 4) is 11.5 Å². The number of rotatable bonds is 3. The van der Waals surface area contributed by atoms with Gasteiger partial charge in [-0.1, -0.05) is 12.1 Å². The van der Waals surface area contributed by atoms with Crippen molar-refractivity contribution in [2.75, 3.05) is 14.2 Å². The highest BCUT2D eigenvalue weighted by atomic mass is 16.5. The van der Waals surface area contributed by atoms with E-state index in [-0.39, 0.29) is 12.0 Å². The first-order valence-electron chi connectivity index (χ1n) is 7.25. The molecule has 1 aromatic heterocycles. The van der Waals surface area contributed by atoms with Crippen molar-refractivity contribution in [1.29, 1.82) is 0 Å². The topological polar surface area (TPSA) is 68.9 Å². The molecule has 1 N–H and O–H groups in total. The summed E-state index contributed by atoms with van der Waals surface area (Å²) in [7, 11) is 3.01. The molecule has 23 heavy (non-hydrogen) atoms. The second-order valence-electron chi connectivity index (χ2n) is 5.42. The van der Waals surface area contributed by atoms with Gasteiger partial charge in [-0.3, -0.25) is 4.79 Å². The van der Waals surface area contributed by atoms with Gasteiger partial charge in [-0.2, -0.15) is 0 Å². The second kappa shape index (κ2) is 5.59. The third-order valence-corrected chi connectivity index (χ3v) is 4.19. The Hall–Kier alpha value is -2.53. The van der Waals surface area contributed by atoms with Crippen molar-refractivity contribution in [2.45, 2.75) is 20.5 Å². The Morgan fingerprint density at radius 2 is 1.78 bits per heavy atom. The Morgan fingerprint density at radius 1 is 1.09 bits per heavy atom. The van der Waals surface area contributed by atoms with E-state index in [0.717, 1.165) is 5.56 Å². The van der Waals surface area contributed by atoms with E-state index in [9.17, 15) is 9.90 Å². The molecule has 0 bridgehead atoms. The predicted molar refractivity (Wildman–Crippen MR) is 88.5 cm³/mol. The molecule has 0 aliphatic carbocycles. The first-order valence-corrected chi connectivity index (χ1v) is 7.25. The highest BCUT2D eigenvalue weighted by Gasteiger charge is 2.23. The second-order valence-corrected chi connectivity index (χ2v) is 5.42. The van der Waals surface area contributed by atoms with Gasteiger partial charge in [0.05, 0.1) is 31.6 Å². The van der Waals surface area contributed by atoms with Gasteiger partial charge >= 0.3 is 0 Å². The summed E-state index contributed by atoms with van der Waals surface area (Å²) in [5.41, 5.74) is 2.64. The molecular formula is C18H18O5. The number of fused-ring (bicyclic) bond motifs is 2. The molecular weight excluding hydrogens is 296 g/mol. The highest BCUT2D eigenvalue weighted by molar-refractivity contribution is 5.97. The Morgan fingerprint density at radius 3 is 2.39 bits per heavy atom. The summed E-state index contributed by atoms with van der Waals surface area (Å²) in [5.74, 6) is 0.819. The van der Waals surface area contributed by atoms with Crippen LogP contribution in [0.15, 0.2) is 27.4 Å². The molecule has 2 aromatic carbocycles. The van der Waals surface area contributed by atoms with Crippen LogP contribution in [0, 0.1) is 13.8 Å². The van der Waals surface area contributed by atoms with Crippen LogP contribution in [0.4, 0.5) is 0 Å². The minimum absolute atomic E-state index is 0.182. The minimum Gasteiger partial charge on any atom is -0.492 e. The van der Waals surface area contributed by atoms with Crippen LogP contribution < -0.4 is 14.9 Å². The zero-order chi connectivity index (χ0) is 16.7. The van der Waals surface area contributed by atoms with Crippen LogP contribution >= 0.6 is 0 Å². The molecule has 5 heteroatoms. The monoisotopic (exact) mass is 314 g/mol. The maximum absolute atomic E-state index is 13.0. The van der Waals surface area contributed by atoms with Crippen LogP contribution in [0.5, 0.6) is 11.5 Å². The largest absolute Gasteiger partial charge is 0.492 e. The van der Waals surface area contributed by atoms with Gasteiger partial charge in [-0.25, -0.2) is 0 Å². The lowest BCUT2D eigenvalue weighted by Gasteiger charge is -2.17. The summed E-state index contributed by atoms with van der Waals surface area (Å²) in [6.07, 6.45) is 0. The summed E-state index contributed by atoms with van der Waals surface area (Å²) in [4.78, 5) is 13.0. The minimum atomic E-state index is -0.287. The SMILES string of the molecule is COc1c(C)c(CO)c2c(=O)c3cccc(C)c3oc2c1OC. The molecule has 5 nitrogen and oxygen atoms in total. The lowest BCUT2D eigenvalue weighted by Crippen LogP contribution is -2.09. The maximum Gasteiger partial charge on any atom is 0.205 e. The van der Waals surface area contributed by atoms with Crippen LogP contribution in [-0.4, -0.2) is 19.3 Å². The van der Waals surface area contributed by atoms with Gasteiger partial charge in [0.25, 0.3) is 0 Å². The van der Waals surface area contributed by atoms with E-state index in [1.54, 1.807) is 13.0 Å². The Labute approximate surface area is 133 Å². The van der Waals surface area contributed by atoms with E-state index in [4.69, 9.17) is 13.9 Å². The third kappa shape index (κ3) is 2.08. The van der Waals surface area contributed by atoms with E-state index in [0.29, 0.717) is 44.6 Å². The van der Waals surface area contributed by atoms with Crippen molar-refractivity contribution in [2.24, 2.45) is 0 Å². The molecule has 0 fully saturated rings. The zero-order valence-corrected chi connectivity index (χ0v) is 13.5. The van der Waals surface area contributed by atoms with Crippen molar-refractivity contribution in [3.05, 3.63) is 45.1 Å². The molecule has 0 unspecified atom stereocenters. The van der Waals surface area contributed by atoms with Gasteiger partial charge in [0.15, 0.2) is 11.3 Å². The molecule has 120 valence electrons. The van der Waals surface area contributed by atoms with E-state index in [1.165, 1.54) is 14.2 Å². The number of para-hydroxylation sites is 1. The van der Waals surface area contributed by atoms with Crippen LogP contribution in [0.1, 0.15) is 16.7 Å². The number of aliphatic hydroxyl groups excluding tert-OH is 1. The summed E-state index contributed by atoms with van der Waals surface area (Å²) in [5, 5.41) is 10.6. The summed E-state index contributed by atoms with van der Waals surface area (Å²) < 4.78 is 16.8. The molecule has 0 spiro atoms. The number of ether oxygens (including phenoxy) is 2. The number of hydrogen-bond donors (Lipinski definition) is 1.